The number of carbonyl (C=O) groups excluding carboxylic acids is 2. The van der Waals surface area contributed by atoms with Crippen molar-refractivity contribution in [1.82, 2.24) is 5.32 Å². The largest absolute Gasteiger partial charge is 0.457 e. The quantitative estimate of drug-likeness (QED) is 0.805. The number of ether oxygens (including phenoxy) is 2. The zero-order chi connectivity index (χ0) is 19.6. The number of amides is 2. The zero-order valence-electron chi connectivity index (χ0n) is 15.4. The molecule has 2 aromatic carbocycles. The highest BCUT2D eigenvalue weighted by Crippen LogP contribution is 2.32. The molecule has 0 radical (unpaired) electrons. The highest BCUT2D eigenvalue weighted by molar-refractivity contribution is 5.99. The fraction of sp³-hybridized carbons (Fsp3) is 0.300. The third-order valence-corrected chi connectivity index (χ3v) is 3.88. The van der Waals surface area contributed by atoms with Gasteiger partial charge < -0.3 is 14.8 Å². The van der Waals surface area contributed by atoms with Gasteiger partial charge in [-0.1, -0.05) is 18.2 Å². The van der Waals surface area contributed by atoms with Crippen LogP contribution in [0.4, 0.5) is 10.5 Å². The molecule has 0 aromatic heterocycles. The highest BCUT2D eigenvalue weighted by atomic mass is 16.6. The number of hydrogen-bond acceptors (Lipinski definition) is 5. The first-order valence-electron chi connectivity index (χ1n) is 8.61. The number of hydroxylamine groups is 1. The average Bonchev–Trinajstić information content (AvgIpc) is 2.58. The second-order valence-electron chi connectivity index (χ2n) is 7.26. The first kappa shape index (κ1) is 18.7. The number of benzene rings is 2. The molecule has 1 atom stereocenters. The minimum Gasteiger partial charge on any atom is -0.457 e. The van der Waals surface area contributed by atoms with Gasteiger partial charge in [0.25, 0.3) is 5.91 Å². The van der Waals surface area contributed by atoms with Crippen LogP contribution in [-0.2, 0) is 16.0 Å². The van der Waals surface area contributed by atoms with Gasteiger partial charge in [-0.3, -0.25) is 10.0 Å². The molecule has 2 amide bonds. The Labute approximate surface area is 157 Å². The molecular formula is C20H22N2O5. The Morgan fingerprint density at radius 3 is 2.52 bits per heavy atom. The van der Waals surface area contributed by atoms with Crippen molar-refractivity contribution < 1.29 is 24.3 Å². The summed E-state index contributed by atoms with van der Waals surface area (Å²) in [6.45, 7) is 5.20. The van der Waals surface area contributed by atoms with Gasteiger partial charge in [0.15, 0.2) is 0 Å². The minimum absolute atomic E-state index is 0.219. The fourth-order valence-corrected chi connectivity index (χ4v) is 2.76. The lowest BCUT2D eigenvalue weighted by atomic mass is 9.98. The predicted molar refractivity (Wildman–Crippen MR) is 99.1 cm³/mol. The Bertz CT molecular complexity index is 845. The third-order valence-electron chi connectivity index (χ3n) is 3.88. The molecule has 27 heavy (non-hydrogen) atoms. The molecule has 1 heterocycles. The fourth-order valence-electron chi connectivity index (χ4n) is 2.76. The number of para-hydroxylation sites is 1. The van der Waals surface area contributed by atoms with E-state index in [9.17, 15) is 14.8 Å². The highest BCUT2D eigenvalue weighted by Gasteiger charge is 2.34. The molecule has 0 bridgehead atoms. The molecule has 142 valence electrons. The molecule has 0 spiro atoms. The monoisotopic (exact) mass is 370 g/mol. The number of nitrogens with zero attached hydrogens (tertiary/aromatic N) is 1. The molecule has 7 nitrogen and oxygen atoms in total. The third kappa shape index (κ3) is 4.57. The Morgan fingerprint density at radius 2 is 1.85 bits per heavy atom. The van der Waals surface area contributed by atoms with Crippen molar-refractivity contribution in [3.05, 3.63) is 54.1 Å². The van der Waals surface area contributed by atoms with Crippen LogP contribution in [0.1, 0.15) is 26.3 Å². The second kappa shape index (κ2) is 7.28. The standard InChI is InChI=1S/C20H22N2O5/c1-20(2,3)27-19(24)21-16-12-13-11-15(26-14-7-5-4-6-8-14)9-10-17(13)22(25)18(16)23/h4-11,16,25H,12H2,1-3H3,(H,21,24)/t16-/m0/s1. The van der Waals surface area contributed by atoms with E-state index in [1.807, 2.05) is 30.3 Å². The van der Waals surface area contributed by atoms with Crippen LogP contribution in [0, 0.1) is 0 Å². The summed E-state index contributed by atoms with van der Waals surface area (Å²) in [4.78, 5) is 24.3. The maximum atomic E-state index is 12.3. The summed E-state index contributed by atoms with van der Waals surface area (Å²) in [6.07, 6.45) is -0.495. The number of nitrogens with one attached hydrogen (secondary N) is 1. The molecule has 2 N–H and O–H groups in total. The van der Waals surface area contributed by atoms with E-state index in [4.69, 9.17) is 9.47 Å². The van der Waals surface area contributed by atoms with Crippen molar-refractivity contribution in [3.63, 3.8) is 0 Å². The van der Waals surface area contributed by atoms with Crippen LogP contribution in [-0.4, -0.2) is 28.9 Å². The molecule has 0 aliphatic carbocycles. The van der Waals surface area contributed by atoms with Gasteiger partial charge in [-0.05, 0) is 56.7 Å². The lowest BCUT2D eigenvalue weighted by molar-refractivity contribution is -0.126. The van der Waals surface area contributed by atoms with E-state index in [1.54, 1.807) is 39.0 Å². The summed E-state index contributed by atoms with van der Waals surface area (Å²) in [6, 6.07) is 13.4. The molecule has 3 rings (SSSR count). The summed E-state index contributed by atoms with van der Waals surface area (Å²) in [5, 5.41) is 13.2. The Balaban J connectivity index is 1.78. The summed E-state index contributed by atoms with van der Waals surface area (Å²) in [7, 11) is 0. The van der Waals surface area contributed by atoms with Crippen molar-refractivity contribution in [3.8, 4) is 11.5 Å². The van der Waals surface area contributed by atoms with E-state index >= 15 is 0 Å². The Morgan fingerprint density at radius 1 is 1.15 bits per heavy atom. The molecule has 2 aromatic rings. The summed E-state index contributed by atoms with van der Waals surface area (Å²) < 4.78 is 11.0. The van der Waals surface area contributed by atoms with Crippen LogP contribution in [0.2, 0.25) is 0 Å². The van der Waals surface area contributed by atoms with Crippen LogP contribution in [0.5, 0.6) is 11.5 Å². The molecule has 1 aliphatic rings. The summed E-state index contributed by atoms with van der Waals surface area (Å²) in [5.74, 6) is 0.623. The van der Waals surface area contributed by atoms with Crippen molar-refractivity contribution >= 4 is 17.7 Å². The minimum atomic E-state index is -0.927. The van der Waals surface area contributed by atoms with E-state index in [1.165, 1.54) is 0 Å². The molecule has 7 heteroatoms. The Hall–Kier alpha value is -3.06. The summed E-state index contributed by atoms with van der Waals surface area (Å²) >= 11 is 0. The van der Waals surface area contributed by atoms with Gasteiger partial charge in [0.05, 0.1) is 5.69 Å². The first-order valence-corrected chi connectivity index (χ1v) is 8.61. The van der Waals surface area contributed by atoms with Gasteiger partial charge in [-0.2, -0.15) is 5.06 Å². The molecule has 1 aliphatic heterocycles. The Kier molecular flexibility index (Phi) is 5.05. The lowest BCUT2D eigenvalue weighted by Gasteiger charge is -2.31. The van der Waals surface area contributed by atoms with Crippen LogP contribution in [0.15, 0.2) is 48.5 Å². The number of hydrogen-bond donors (Lipinski definition) is 2. The summed E-state index contributed by atoms with van der Waals surface area (Å²) in [5.41, 5.74) is 0.351. The average molecular weight is 370 g/mol. The van der Waals surface area contributed by atoms with Gasteiger partial charge in [0.2, 0.25) is 0 Å². The number of carbonyl (C=O) groups is 2. The zero-order valence-corrected chi connectivity index (χ0v) is 15.4. The lowest BCUT2D eigenvalue weighted by Crippen LogP contribution is -2.52. The number of rotatable bonds is 3. The van der Waals surface area contributed by atoms with Gasteiger partial charge >= 0.3 is 6.09 Å². The molecular weight excluding hydrogens is 348 g/mol. The number of fused-ring (bicyclic) bond motifs is 1. The van der Waals surface area contributed by atoms with Gasteiger partial charge in [-0.15, -0.1) is 0 Å². The van der Waals surface area contributed by atoms with Crippen molar-refractivity contribution in [2.24, 2.45) is 0 Å². The predicted octanol–water partition coefficient (Wildman–Crippen LogP) is 3.65. The van der Waals surface area contributed by atoms with E-state index in [-0.39, 0.29) is 6.42 Å². The van der Waals surface area contributed by atoms with Crippen LogP contribution in [0.25, 0.3) is 0 Å². The van der Waals surface area contributed by atoms with Gasteiger partial charge in [-0.25, -0.2) is 4.79 Å². The molecule has 0 unspecified atom stereocenters. The van der Waals surface area contributed by atoms with E-state index in [0.29, 0.717) is 27.8 Å². The first-order chi connectivity index (χ1) is 12.7. The van der Waals surface area contributed by atoms with Gasteiger partial charge in [0.1, 0.15) is 23.1 Å². The topological polar surface area (TPSA) is 88.1 Å². The second-order valence-corrected chi connectivity index (χ2v) is 7.26. The van der Waals surface area contributed by atoms with E-state index in [0.717, 1.165) is 0 Å². The molecule has 0 saturated carbocycles. The van der Waals surface area contributed by atoms with E-state index < -0.39 is 23.6 Å². The maximum Gasteiger partial charge on any atom is 0.408 e. The SMILES string of the molecule is CC(C)(C)OC(=O)N[C@H]1Cc2cc(Oc3ccccc3)ccc2N(O)C1=O. The number of anilines is 1. The van der Waals surface area contributed by atoms with E-state index in [2.05, 4.69) is 5.32 Å². The van der Waals surface area contributed by atoms with Crippen LogP contribution >= 0.6 is 0 Å². The van der Waals surface area contributed by atoms with Gasteiger partial charge in [0, 0.05) is 6.42 Å². The van der Waals surface area contributed by atoms with Crippen molar-refractivity contribution in [2.75, 3.05) is 5.06 Å². The number of alkyl carbamates (subject to hydrolysis) is 1. The van der Waals surface area contributed by atoms with Crippen LogP contribution < -0.4 is 15.1 Å². The molecule has 0 saturated heterocycles. The normalized spacial score (nSPS) is 16.5. The van der Waals surface area contributed by atoms with Crippen molar-refractivity contribution in [2.45, 2.75) is 38.8 Å². The smallest absolute Gasteiger partial charge is 0.408 e. The maximum absolute atomic E-state index is 12.3. The van der Waals surface area contributed by atoms with Crippen LogP contribution in [0.3, 0.4) is 0 Å². The molecule has 0 fully saturated rings. The van der Waals surface area contributed by atoms with Crippen molar-refractivity contribution in [1.29, 1.82) is 0 Å².